The number of nitrogens with zero attached hydrogens (tertiary/aromatic N) is 2. The molecule has 0 N–H and O–H groups in total. The average Bonchev–Trinajstić information content (AvgIpc) is 2.93. The zero-order chi connectivity index (χ0) is 17.3. The van der Waals surface area contributed by atoms with Gasteiger partial charge in [0.2, 0.25) is 0 Å². The van der Waals surface area contributed by atoms with Gasteiger partial charge >= 0.3 is 11.9 Å². The van der Waals surface area contributed by atoms with Crippen LogP contribution in [-0.2, 0) is 9.47 Å². The Kier molecular flexibility index (Phi) is 4.04. The van der Waals surface area contributed by atoms with Gasteiger partial charge in [-0.15, -0.1) is 0 Å². The molecule has 1 aromatic carbocycles. The van der Waals surface area contributed by atoms with E-state index in [0.717, 1.165) is 11.3 Å². The van der Waals surface area contributed by atoms with Crippen LogP contribution in [0.15, 0.2) is 42.5 Å². The molecule has 2 heterocycles. The summed E-state index contributed by atoms with van der Waals surface area (Å²) in [5.41, 5.74) is 3.02. The highest BCUT2D eigenvalue weighted by Crippen LogP contribution is 2.26. The zero-order valence-corrected chi connectivity index (χ0v) is 13.6. The second-order valence-electron chi connectivity index (χ2n) is 5.20. The van der Waals surface area contributed by atoms with E-state index >= 15 is 0 Å². The molecule has 0 atom stereocenters. The van der Waals surface area contributed by atoms with Crippen molar-refractivity contribution in [2.24, 2.45) is 0 Å². The largest absolute Gasteiger partial charge is 0.465 e. The van der Waals surface area contributed by atoms with Crippen molar-refractivity contribution in [3.63, 3.8) is 0 Å². The molecule has 0 aliphatic rings. The number of benzene rings is 1. The van der Waals surface area contributed by atoms with Crippen LogP contribution in [-0.4, -0.2) is 35.8 Å². The fourth-order valence-electron chi connectivity index (χ4n) is 2.71. The van der Waals surface area contributed by atoms with Gasteiger partial charge < -0.3 is 9.47 Å². The molecule has 0 fully saturated rings. The van der Waals surface area contributed by atoms with Crippen molar-refractivity contribution in [2.75, 3.05) is 14.2 Å². The first-order valence-corrected chi connectivity index (χ1v) is 7.33. The van der Waals surface area contributed by atoms with E-state index < -0.39 is 11.9 Å². The van der Waals surface area contributed by atoms with Crippen LogP contribution in [0.2, 0.25) is 0 Å². The standard InChI is InChI=1S/C18H16N2O4/c1-11-15(17(21)23-2)16(18(22)24-3)14-10-9-13(19-20(11)14)12-7-5-4-6-8-12/h4-10H,1-3H3. The summed E-state index contributed by atoms with van der Waals surface area (Å²) in [6, 6.07) is 13.2. The maximum absolute atomic E-state index is 12.2. The minimum atomic E-state index is -0.602. The van der Waals surface area contributed by atoms with E-state index in [2.05, 4.69) is 5.10 Å². The summed E-state index contributed by atoms with van der Waals surface area (Å²) in [5.74, 6) is -1.20. The SMILES string of the molecule is COC(=O)c1c(C(=O)OC)c2ccc(-c3ccccc3)nn2c1C. The number of aryl methyl sites for hydroxylation is 1. The first-order chi connectivity index (χ1) is 11.6. The lowest BCUT2D eigenvalue weighted by Gasteiger charge is -2.03. The molecule has 0 amide bonds. The van der Waals surface area contributed by atoms with Gasteiger partial charge in [-0.25, -0.2) is 14.1 Å². The lowest BCUT2D eigenvalue weighted by Crippen LogP contribution is -2.10. The van der Waals surface area contributed by atoms with Crippen molar-refractivity contribution in [3.8, 4) is 11.3 Å². The molecule has 0 spiro atoms. The number of ether oxygens (including phenoxy) is 2. The molecule has 0 saturated carbocycles. The quantitative estimate of drug-likeness (QED) is 0.693. The number of carbonyl (C=O) groups excluding carboxylic acids is 2. The summed E-state index contributed by atoms with van der Waals surface area (Å²) in [6.07, 6.45) is 0. The molecule has 24 heavy (non-hydrogen) atoms. The van der Waals surface area contributed by atoms with Crippen LogP contribution in [0.3, 0.4) is 0 Å². The van der Waals surface area contributed by atoms with Gasteiger partial charge in [-0.1, -0.05) is 30.3 Å². The maximum atomic E-state index is 12.2. The number of esters is 2. The Balaban J connectivity index is 2.30. The van der Waals surface area contributed by atoms with Crippen LogP contribution in [0.5, 0.6) is 0 Å². The Morgan fingerprint density at radius 2 is 1.54 bits per heavy atom. The first-order valence-electron chi connectivity index (χ1n) is 7.33. The highest BCUT2D eigenvalue weighted by molar-refractivity contribution is 6.09. The lowest BCUT2D eigenvalue weighted by atomic mass is 10.1. The molecule has 0 radical (unpaired) electrons. The fraction of sp³-hybridized carbons (Fsp3) is 0.167. The van der Waals surface area contributed by atoms with Crippen molar-refractivity contribution in [3.05, 3.63) is 59.3 Å². The maximum Gasteiger partial charge on any atom is 0.341 e. The fourth-order valence-corrected chi connectivity index (χ4v) is 2.71. The molecule has 122 valence electrons. The van der Waals surface area contributed by atoms with E-state index in [1.807, 2.05) is 30.3 Å². The third-order valence-electron chi connectivity index (χ3n) is 3.87. The molecular weight excluding hydrogens is 308 g/mol. The monoisotopic (exact) mass is 324 g/mol. The van der Waals surface area contributed by atoms with Crippen LogP contribution in [0.25, 0.3) is 16.8 Å². The summed E-state index contributed by atoms with van der Waals surface area (Å²) in [5, 5.41) is 4.56. The molecule has 6 heteroatoms. The van der Waals surface area contributed by atoms with Gasteiger partial charge in [0.25, 0.3) is 0 Å². The summed E-state index contributed by atoms with van der Waals surface area (Å²) < 4.78 is 11.2. The minimum absolute atomic E-state index is 0.161. The Bertz CT molecular complexity index is 929. The van der Waals surface area contributed by atoms with Crippen LogP contribution in [0.4, 0.5) is 0 Å². The summed E-state index contributed by atoms with van der Waals surface area (Å²) in [4.78, 5) is 24.3. The zero-order valence-electron chi connectivity index (χ0n) is 13.6. The lowest BCUT2D eigenvalue weighted by molar-refractivity contribution is 0.0557. The second-order valence-corrected chi connectivity index (χ2v) is 5.20. The van der Waals surface area contributed by atoms with Crippen molar-refractivity contribution in [1.82, 2.24) is 9.61 Å². The normalized spacial score (nSPS) is 10.6. The van der Waals surface area contributed by atoms with Crippen LogP contribution < -0.4 is 0 Å². The number of fused-ring (bicyclic) bond motifs is 1. The number of aromatic nitrogens is 2. The smallest absolute Gasteiger partial charge is 0.341 e. The molecule has 6 nitrogen and oxygen atoms in total. The van der Waals surface area contributed by atoms with Crippen molar-refractivity contribution >= 4 is 17.5 Å². The second kappa shape index (κ2) is 6.16. The molecule has 0 aliphatic heterocycles. The molecule has 3 aromatic rings. The molecular formula is C18H16N2O4. The average molecular weight is 324 g/mol. The highest BCUT2D eigenvalue weighted by atomic mass is 16.5. The number of hydrogen-bond donors (Lipinski definition) is 0. The van der Waals surface area contributed by atoms with Gasteiger partial charge in [0, 0.05) is 5.56 Å². The minimum Gasteiger partial charge on any atom is -0.465 e. The Morgan fingerprint density at radius 1 is 0.917 bits per heavy atom. The number of rotatable bonds is 3. The number of hydrogen-bond acceptors (Lipinski definition) is 5. The van der Waals surface area contributed by atoms with E-state index in [-0.39, 0.29) is 11.1 Å². The molecule has 0 bridgehead atoms. The predicted molar refractivity (Wildman–Crippen MR) is 88.0 cm³/mol. The van der Waals surface area contributed by atoms with Gasteiger partial charge in [0.15, 0.2) is 0 Å². The predicted octanol–water partition coefficient (Wildman–Crippen LogP) is 2.88. The molecule has 0 saturated heterocycles. The van der Waals surface area contributed by atoms with E-state index in [1.165, 1.54) is 14.2 Å². The van der Waals surface area contributed by atoms with Crippen molar-refractivity contribution in [1.29, 1.82) is 0 Å². The molecule has 0 unspecified atom stereocenters. The third-order valence-corrected chi connectivity index (χ3v) is 3.87. The van der Waals surface area contributed by atoms with Gasteiger partial charge in [-0.05, 0) is 19.1 Å². The summed E-state index contributed by atoms with van der Waals surface area (Å²) in [7, 11) is 2.54. The van der Waals surface area contributed by atoms with Gasteiger partial charge in [-0.2, -0.15) is 5.10 Å². The van der Waals surface area contributed by atoms with Crippen LogP contribution in [0.1, 0.15) is 26.4 Å². The van der Waals surface area contributed by atoms with Gasteiger partial charge in [-0.3, -0.25) is 0 Å². The van der Waals surface area contributed by atoms with Crippen molar-refractivity contribution in [2.45, 2.75) is 6.92 Å². The first kappa shape index (κ1) is 15.7. The molecule has 2 aromatic heterocycles. The Labute approximate surface area is 138 Å². The summed E-state index contributed by atoms with van der Waals surface area (Å²) in [6.45, 7) is 1.72. The van der Waals surface area contributed by atoms with E-state index in [0.29, 0.717) is 11.2 Å². The van der Waals surface area contributed by atoms with Crippen molar-refractivity contribution < 1.29 is 19.1 Å². The topological polar surface area (TPSA) is 69.9 Å². The van der Waals surface area contributed by atoms with Crippen LogP contribution in [0, 0.1) is 6.92 Å². The Morgan fingerprint density at radius 3 is 2.17 bits per heavy atom. The van der Waals surface area contributed by atoms with E-state index in [1.54, 1.807) is 23.6 Å². The van der Waals surface area contributed by atoms with Crippen LogP contribution >= 0.6 is 0 Å². The van der Waals surface area contributed by atoms with E-state index in [4.69, 9.17) is 9.47 Å². The highest BCUT2D eigenvalue weighted by Gasteiger charge is 2.28. The number of methoxy groups -OCH3 is 2. The molecule has 3 rings (SSSR count). The van der Waals surface area contributed by atoms with Gasteiger partial charge in [0.1, 0.15) is 5.56 Å². The van der Waals surface area contributed by atoms with E-state index in [9.17, 15) is 9.59 Å². The number of carbonyl (C=O) groups is 2. The Hall–Kier alpha value is -3.15. The van der Waals surface area contributed by atoms with Gasteiger partial charge in [0.05, 0.1) is 36.7 Å². The summed E-state index contributed by atoms with van der Waals surface area (Å²) >= 11 is 0. The third kappa shape index (κ3) is 2.42. The molecule has 0 aliphatic carbocycles.